The van der Waals surface area contributed by atoms with Gasteiger partial charge in [-0.3, -0.25) is 28.8 Å². The van der Waals surface area contributed by atoms with Crippen LogP contribution in [0.3, 0.4) is 0 Å². The highest BCUT2D eigenvalue weighted by Crippen LogP contribution is 2.39. The molecule has 0 bridgehead atoms. The van der Waals surface area contributed by atoms with Gasteiger partial charge in [0.25, 0.3) is 5.56 Å². The maximum Gasteiger partial charge on any atom is 0.277 e. The molecule has 0 unspecified atom stereocenters. The smallest absolute Gasteiger partial charge is 0.277 e. The zero-order chi connectivity index (χ0) is 29.4. The molecule has 2 N–H and O–H groups in total. The van der Waals surface area contributed by atoms with Gasteiger partial charge in [0.15, 0.2) is 0 Å². The van der Waals surface area contributed by atoms with Gasteiger partial charge in [0.05, 0.1) is 35.6 Å². The summed E-state index contributed by atoms with van der Waals surface area (Å²) in [6.45, 7) is 4.40. The van der Waals surface area contributed by atoms with Crippen LogP contribution in [0.4, 0.5) is 20.2 Å². The van der Waals surface area contributed by atoms with Crippen LogP contribution in [0.15, 0.2) is 47.3 Å². The Bertz CT molecular complexity index is 1540. The summed E-state index contributed by atoms with van der Waals surface area (Å²) in [5.41, 5.74) is -0.0713. The number of fused-ring (bicyclic) bond motifs is 1. The van der Waals surface area contributed by atoms with Crippen LogP contribution in [0.25, 0.3) is 5.69 Å². The molecule has 0 spiro atoms. The van der Waals surface area contributed by atoms with Crippen LogP contribution in [0.2, 0.25) is 5.02 Å². The lowest BCUT2D eigenvalue weighted by atomic mass is 10.0. The van der Waals surface area contributed by atoms with E-state index in [0.717, 1.165) is 12.1 Å². The van der Waals surface area contributed by atoms with Crippen molar-refractivity contribution in [3.8, 4) is 11.4 Å². The summed E-state index contributed by atoms with van der Waals surface area (Å²) >= 11 is 6.35. The fourth-order valence-electron chi connectivity index (χ4n) is 4.43. The van der Waals surface area contributed by atoms with Crippen molar-refractivity contribution in [2.24, 2.45) is 0 Å². The predicted molar refractivity (Wildman–Crippen MR) is 147 cm³/mol. The number of aliphatic hydroxyl groups is 1. The number of hydrogen-bond acceptors (Lipinski definition) is 6. The average Bonchev–Trinajstić information content (AvgIpc) is 3.25. The molecular weight excluding hydrogens is 546 g/mol. The lowest BCUT2D eigenvalue weighted by Gasteiger charge is -2.23. The van der Waals surface area contributed by atoms with Crippen LogP contribution in [-0.4, -0.2) is 47.4 Å². The molecule has 2 heterocycles. The van der Waals surface area contributed by atoms with Crippen LogP contribution < -0.4 is 25.4 Å². The SMILES string of the molecule is CNCC(=O)N1CN(C(=O)CC(C)(C)O)c2ccc(-n3c(C)cc(OCc4ccc(F)cc4F)c(Cl)c3=O)cc21. The predicted octanol–water partition coefficient (Wildman–Crippen LogP) is 3.67. The van der Waals surface area contributed by atoms with E-state index in [1.165, 1.54) is 40.3 Å². The molecule has 0 atom stereocenters. The van der Waals surface area contributed by atoms with Crippen molar-refractivity contribution >= 4 is 34.8 Å². The summed E-state index contributed by atoms with van der Waals surface area (Å²) in [7, 11) is 1.63. The van der Waals surface area contributed by atoms with Gasteiger partial charge in [0.1, 0.15) is 35.7 Å². The standard InChI is InChI=1S/C28H29ClF2N4O5/c1-16-9-23(40-14-17-5-6-18(30)10-20(17)31)26(29)27(38)35(16)19-7-8-21-22(11-19)34(25(37)13-32-4)15-33(21)24(36)12-28(2,3)39/h5-11,32,39H,12-15H2,1-4H3. The number of rotatable bonds is 8. The number of aromatic nitrogens is 1. The Labute approximate surface area is 234 Å². The number of pyridine rings is 1. The van der Waals surface area contributed by atoms with Crippen molar-refractivity contribution in [2.75, 3.05) is 30.1 Å². The molecule has 1 aromatic heterocycles. The second kappa shape index (κ2) is 11.4. The molecule has 4 rings (SSSR count). The number of likely N-dealkylation sites (N-methyl/N-ethyl adjacent to an activating group) is 1. The van der Waals surface area contributed by atoms with Crippen molar-refractivity contribution in [1.29, 1.82) is 0 Å². The van der Waals surface area contributed by atoms with Gasteiger partial charge < -0.3 is 15.2 Å². The fourth-order valence-corrected chi connectivity index (χ4v) is 4.62. The monoisotopic (exact) mass is 574 g/mol. The number of halogens is 3. The van der Waals surface area contributed by atoms with Gasteiger partial charge in [0.2, 0.25) is 11.8 Å². The number of ether oxygens (including phenoxy) is 1. The first-order valence-electron chi connectivity index (χ1n) is 12.4. The molecule has 2 aromatic carbocycles. The van der Waals surface area contributed by atoms with Crippen molar-refractivity contribution in [3.05, 3.63) is 80.7 Å². The summed E-state index contributed by atoms with van der Waals surface area (Å²) in [5, 5.41) is 12.7. The number of amides is 2. The lowest BCUT2D eigenvalue weighted by Crippen LogP contribution is -2.43. The summed E-state index contributed by atoms with van der Waals surface area (Å²) < 4.78 is 34.1. The Morgan fingerprint density at radius 2 is 1.77 bits per heavy atom. The summed E-state index contributed by atoms with van der Waals surface area (Å²) in [4.78, 5) is 42.0. The fraction of sp³-hybridized carbons (Fsp3) is 0.321. The van der Waals surface area contributed by atoms with E-state index in [2.05, 4.69) is 5.32 Å². The number of hydrogen-bond donors (Lipinski definition) is 2. The van der Waals surface area contributed by atoms with E-state index in [1.54, 1.807) is 32.2 Å². The van der Waals surface area contributed by atoms with Gasteiger partial charge in [-0.05, 0) is 58.2 Å². The summed E-state index contributed by atoms with van der Waals surface area (Å²) in [6, 6.07) is 9.45. The Balaban J connectivity index is 1.70. The van der Waals surface area contributed by atoms with Crippen LogP contribution in [0, 0.1) is 18.6 Å². The number of carbonyl (C=O) groups excluding carboxylic acids is 2. The highest BCUT2D eigenvalue weighted by atomic mass is 35.5. The highest BCUT2D eigenvalue weighted by Gasteiger charge is 2.35. The van der Waals surface area contributed by atoms with E-state index in [0.29, 0.717) is 22.8 Å². The Morgan fingerprint density at radius 1 is 1.07 bits per heavy atom. The van der Waals surface area contributed by atoms with E-state index < -0.39 is 22.8 Å². The molecule has 1 aliphatic rings. The third-order valence-electron chi connectivity index (χ3n) is 6.29. The topological polar surface area (TPSA) is 104 Å². The molecule has 212 valence electrons. The molecule has 0 aliphatic carbocycles. The van der Waals surface area contributed by atoms with Crippen LogP contribution in [-0.2, 0) is 16.2 Å². The van der Waals surface area contributed by atoms with Crippen molar-refractivity contribution < 1.29 is 28.2 Å². The van der Waals surface area contributed by atoms with Crippen LogP contribution in [0.5, 0.6) is 5.75 Å². The first-order chi connectivity index (χ1) is 18.8. The Hall–Kier alpha value is -3.80. The minimum absolute atomic E-state index is 0.0165. The van der Waals surface area contributed by atoms with Crippen LogP contribution in [0.1, 0.15) is 31.5 Å². The molecule has 2 amide bonds. The Kier molecular flexibility index (Phi) is 8.29. The quantitative estimate of drug-likeness (QED) is 0.425. The average molecular weight is 575 g/mol. The molecule has 1 aliphatic heterocycles. The third-order valence-corrected chi connectivity index (χ3v) is 6.64. The molecule has 0 saturated carbocycles. The zero-order valence-corrected chi connectivity index (χ0v) is 23.2. The third kappa shape index (κ3) is 6.01. The molecule has 9 nitrogen and oxygen atoms in total. The number of aryl methyl sites for hydroxylation is 1. The largest absolute Gasteiger partial charge is 0.487 e. The van der Waals surface area contributed by atoms with Gasteiger partial charge >= 0.3 is 0 Å². The first kappa shape index (κ1) is 29.2. The Morgan fingerprint density at radius 3 is 2.42 bits per heavy atom. The van der Waals surface area contributed by atoms with E-state index >= 15 is 0 Å². The molecule has 0 fully saturated rings. The molecular formula is C28H29ClF2N4O5. The van der Waals surface area contributed by atoms with Gasteiger partial charge in [-0.2, -0.15) is 0 Å². The number of benzene rings is 2. The second-order valence-electron chi connectivity index (χ2n) is 10.1. The minimum Gasteiger partial charge on any atom is -0.487 e. The summed E-state index contributed by atoms with van der Waals surface area (Å²) in [5.74, 6) is -2.13. The van der Waals surface area contributed by atoms with E-state index in [1.807, 2.05) is 0 Å². The number of anilines is 2. The lowest BCUT2D eigenvalue weighted by molar-refractivity contribution is -0.122. The number of carbonyl (C=O) groups is 2. The minimum atomic E-state index is -1.24. The molecule has 0 radical (unpaired) electrons. The first-order valence-corrected chi connectivity index (χ1v) is 12.8. The van der Waals surface area contributed by atoms with Gasteiger partial charge in [-0.25, -0.2) is 8.78 Å². The highest BCUT2D eigenvalue weighted by molar-refractivity contribution is 6.31. The molecule has 0 saturated heterocycles. The van der Waals surface area contributed by atoms with Gasteiger partial charge in [-0.1, -0.05) is 11.6 Å². The molecule has 40 heavy (non-hydrogen) atoms. The van der Waals surface area contributed by atoms with E-state index in [-0.39, 0.29) is 54.4 Å². The van der Waals surface area contributed by atoms with Crippen LogP contribution >= 0.6 is 11.6 Å². The molecule has 12 heteroatoms. The van der Waals surface area contributed by atoms with Crippen molar-refractivity contribution in [3.63, 3.8) is 0 Å². The maximum atomic E-state index is 14.0. The van der Waals surface area contributed by atoms with Gasteiger partial charge in [0, 0.05) is 23.4 Å². The van der Waals surface area contributed by atoms with Crippen molar-refractivity contribution in [1.82, 2.24) is 9.88 Å². The van der Waals surface area contributed by atoms with E-state index in [4.69, 9.17) is 16.3 Å². The van der Waals surface area contributed by atoms with E-state index in [9.17, 15) is 28.3 Å². The number of nitrogens with zero attached hydrogens (tertiary/aromatic N) is 3. The second-order valence-corrected chi connectivity index (χ2v) is 10.5. The maximum absolute atomic E-state index is 14.0. The van der Waals surface area contributed by atoms with Gasteiger partial charge in [-0.15, -0.1) is 0 Å². The normalized spacial score (nSPS) is 13.0. The van der Waals surface area contributed by atoms with Crippen molar-refractivity contribution in [2.45, 2.75) is 39.4 Å². The molecule has 3 aromatic rings. The number of nitrogens with one attached hydrogen (secondary N) is 1. The zero-order valence-electron chi connectivity index (χ0n) is 22.4. The summed E-state index contributed by atoms with van der Waals surface area (Å²) in [6.07, 6.45) is -0.153.